The fourth-order valence-corrected chi connectivity index (χ4v) is 4.25. The lowest BCUT2D eigenvalue weighted by atomic mass is 9.84. The number of amides is 1. The van der Waals surface area contributed by atoms with Crippen molar-refractivity contribution in [3.8, 4) is 11.4 Å². The third-order valence-corrected chi connectivity index (χ3v) is 5.59. The Morgan fingerprint density at radius 1 is 1.16 bits per heavy atom. The smallest absolute Gasteiger partial charge is 0.343 e. The minimum absolute atomic E-state index is 0.0479. The van der Waals surface area contributed by atoms with Crippen molar-refractivity contribution in [3.63, 3.8) is 0 Å². The summed E-state index contributed by atoms with van der Waals surface area (Å²) >= 11 is 0. The first-order chi connectivity index (χ1) is 14.4. The molecule has 1 aromatic heterocycles. The Kier molecular flexibility index (Phi) is 6.76. The fraction of sp³-hybridized carbons (Fsp3) is 0.609. The number of carbonyl (C=O) groups is 1. The lowest BCUT2D eigenvalue weighted by Crippen LogP contribution is -2.38. The van der Waals surface area contributed by atoms with Crippen LogP contribution >= 0.6 is 0 Å². The normalized spacial score (nSPS) is 17.1. The number of hydrogen-bond acceptors (Lipinski definition) is 4. The van der Waals surface area contributed by atoms with Gasteiger partial charge in [-0.2, -0.15) is 18.2 Å². The predicted octanol–water partition coefficient (Wildman–Crippen LogP) is 5.92. The number of hydrogen-bond donors (Lipinski definition) is 0. The Labute approximate surface area is 181 Å². The van der Waals surface area contributed by atoms with Gasteiger partial charge < -0.3 is 9.42 Å². The topological polar surface area (TPSA) is 59.2 Å². The monoisotopic (exact) mass is 437 g/mol. The van der Waals surface area contributed by atoms with Gasteiger partial charge in [-0.25, -0.2) is 0 Å². The standard InChI is InChI=1S/C23H30F3N3O2/c1-15(14-22(2,3)4)13-19(30)29-11-9-17(10-12-29)21-27-20(28-31-21)16-5-7-18(8-6-16)23(24,25)26/h5-8,15,17H,9-14H2,1-4H3. The summed E-state index contributed by atoms with van der Waals surface area (Å²) in [7, 11) is 0. The Hall–Kier alpha value is -2.38. The quantitative estimate of drug-likeness (QED) is 0.582. The molecule has 1 aromatic carbocycles. The molecule has 1 atom stereocenters. The van der Waals surface area contributed by atoms with Crippen molar-refractivity contribution in [1.82, 2.24) is 15.0 Å². The Morgan fingerprint density at radius 2 is 1.77 bits per heavy atom. The molecule has 1 unspecified atom stereocenters. The first kappa shape index (κ1) is 23.3. The predicted molar refractivity (Wildman–Crippen MR) is 111 cm³/mol. The highest BCUT2D eigenvalue weighted by Crippen LogP contribution is 2.32. The maximum Gasteiger partial charge on any atom is 0.416 e. The Bertz CT molecular complexity index is 877. The molecule has 0 spiro atoms. The lowest BCUT2D eigenvalue weighted by molar-refractivity contribution is -0.137. The van der Waals surface area contributed by atoms with Gasteiger partial charge >= 0.3 is 6.18 Å². The van der Waals surface area contributed by atoms with Gasteiger partial charge in [-0.15, -0.1) is 0 Å². The number of nitrogens with zero attached hydrogens (tertiary/aromatic N) is 3. The van der Waals surface area contributed by atoms with Crippen LogP contribution in [0.3, 0.4) is 0 Å². The van der Waals surface area contributed by atoms with E-state index in [2.05, 4.69) is 37.8 Å². The molecule has 1 aliphatic heterocycles. The molecule has 31 heavy (non-hydrogen) atoms. The van der Waals surface area contributed by atoms with Gasteiger partial charge in [-0.1, -0.05) is 45.0 Å². The summed E-state index contributed by atoms with van der Waals surface area (Å²) in [4.78, 5) is 18.9. The minimum atomic E-state index is -4.38. The Morgan fingerprint density at radius 3 is 2.32 bits per heavy atom. The second kappa shape index (κ2) is 9.01. The number of aromatic nitrogens is 2. The molecule has 1 fully saturated rings. The Balaban J connectivity index is 1.55. The first-order valence-corrected chi connectivity index (χ1v) is 10.7. The van der Waals surface area contributed by atoms with E-state index < -0.39 is 11.7 Å². The largest absolute Gasteiger partial charge is 0.416 e. The summed E-state index contributed by atoms with van der Waals surface area (Å²) in [6.07, 6.45) is -1.36. The second-order valence-corrected chi connectivity index (χ2v) is 9.76. The van der Waals surface area contributed by atoms with E-state index in [4.69, 9.17) is 4.52 Å². The van der Waals surface area contributed by atoms with E-state index in [0.717, 1.165) is 31.4 Å². The van der Waals surface area contributed by atoms with Crippen LogP contribution in [-0.2, 0) is 11.0 Å². The molecule has 170 valence electrons. The third kappa shape index (κ3) is 6.31. The first-order valence-electron chi connectivity index (χ1n) is 10.7. The molecule has 3 rings (SSSR count). The zero-order valence-corrected chi connectivity index (χ0v) is 18.5. The van der Waals surface area contributed by atoms with E-state index in [0.29, 0.717) is 36.9 Å². The number of rotatable bonds is 5. The number of piperidine rings is 1. The average Bonchev–Trinajstić information content (AvgIpc) is 3.16. The van der Waals surface area contributed by atoms with Crippen LogP contribution in [0, 0.1) is 11.3 Å². The van der Waals surface area contributed by atoms with E-state index in [1.807, 2.05) is 4.90 Å². The fourth-order valence-electron chi connectivity index (χ4n) is 4.25. The second-order valence-electron chi connectivity index (χ2n) is 9.76. The van der Waals surface area contributed by atoms with E-state index in [1.54, 1.807) is 0 Å². The number of benzene rings is 1. The molecule has 5 nitrogen and oxygen atoms in total. The van der Waals surface area contributed by atoms with E-state index >= 15 is 0 Å². The van der Waals surface area contributed by atoms with Crippen molar-refractivity contribution < 1.29 is 22.5 Å². The van der Waals surface area contributed by atoms with E-state index in [9.17, 15) is 18.0 Å². The van der Waals surface area contributed by atoms with Crippen molar-refractivity contribution in [2.75, 3.05) is 13.1 Å². The minimum Gasteiger partial charge on any atom is -0.343 e. The van der Waals surface area contributed by atoms with Crippen molar-refractivity contribution in [2.45, 2.75) is 65.5 Å². The summed E-state index contributed by atoms with van der Waals surface area (Å²) < 4.78 is 43.6. The molecule has 2 heterocycles. The molecular formula is C23H30F3N3O2. The van der Waals surface area contributed by atoms with Crippen LogP contribution < -0.4 is 0 Å². The number of likely N-dealkylation sites (tertiary alicyclic amines) is 1. The van der Waals surface area contributed by atoms with Gasteiger partial charge in [0.1, 0.15) is 0 Å². The molecule has 0 N–H and O–H groups in total. The van der Waals surface area contributed by atoms with Crippen molar-refractivity contribution in [2.24, 2.45) is 11.3 Å². The summed E-state index contributed by atoms with van der Waals surface area (Å²) in [6, 6.07) is 4.71. The van der Waals surface area contributed by atoms with Crippen LogP contribution in [0.4, 0.5) is 13.2 Å². The van der Waals surface area contributed by atoms with Gasteiger partial charge in [0.25, 0.3) is 0 Å². The van der Waals surface area contributed by atoms with Gasteiger partial charge in [0.2, 0.25) is 17.6 Å². The van der Waals surface area contributed by atoms with Crippen molar-refractivity contribution in [3.05, 3.63) is 35.7 Å². The van der Waals surface area contributed by atoms with Crippen LogP contribution in [0.15, 0.2) is 28.8 Å². The third-order valence-electron chi connectivity index (χ3n) is 5.59. The van der Waals surface area contributed by atoms with Gasteiger partial charge in [0.05, 0.1) is 5.56 Å². The van der Waals surface area contributed by atoms with Gasteiger partial charge in [0.15, 0.2) is 0 Å². The SMILES string of the molecule is CC(CC(=O)N1CCC(c2nc(-c3ccc(C(F)(F)F)cc3)no2)CC1)CC(C)(C)C. The van der Waals surface area contributed by atoms with Crippen LogP contribution in [0.2, 0.25) is 0 Å². The zero-order valence-electron chi connectivity index (χ0n) is 18.5. The van der Waals surface area contributed by atoms with Crippen molar-refractivity contribution >= 4 is 5.91 Å². The molecule has 0 radical (unpaired) electrons. The molecule has 0 aliphatic carbocycles. The summed E-state index contributed by atoms with van der Waals surface area (Å²) in [6.45, 7) is 9.96. The van der Waals surface area contributed by atoms with Gasteiger partial charge in [0, 0.05) is 31.0 Å². The molecule has 8 heteroatoms. The highest BCUT2D eigenvalue weighted by atomic mass is 19.4. The molecule has 0 saturated carbocycles. The van der Waals surface area contributed by atoms with Crippen LogP contribution in [0.5, 0.6) is 0 Å². The molecule has 1 aliphatic rings. The van der Waals surface area contributed by atoms with Crippen LogP contribution in [0.25, 0.3) is 11.4 Å². The molecule has 1 amide bonds. The highest BCUT2D eigenvalue weighted by molar-refractivity contribution is 5.76. The summed E-state index contributed by atoms with van der Waals surface area (Å²) in [5.41, 5.74) is -0.0348. The van der Waals surface area contributed by atoms with E-state index in [1.165, 1.54) is 12.1 Å². The lowest BCUT2D eigenvalue weighted by Gasteiger charge is -2.32. The molecular weight excluding hydrogens is 407 g/mol. The maximum atomic E-state index is 12.7. The average molecular weight is 438 g/mol. The van der Waals surface area contributed by atoms with Crippen molar-refractivity contribution in [1.29, 1.82) is 0 Å². The maximum absolute atomic E-state index is 12.7. The summed E-state index contributed by atoms with van der Waals surface area (Å²) in [5.74, 6) is 1.33. The molecule has 0 bridgehead atoms. The van der Waals surface area contributed by atoms with Gasteiger partial charge in [-0.3, -0.25) is 4.79 Å². The van der Waals surface area contributed by atoms with E-state index in [-0.39, 0.29) is 23.1 Å². The number of alkyl halides is 3. The van der Waals surface area contributed by atoms with Crippen LogP contribution in [0.1, 0.15) is 70.8 Å². The highest BCUT2D eigenvalue weighted by Gasteiger charge is 2.31. The van der Waals surface area contributed by atoms with Gasteiger partial charge in [-0.05, 0) is 42.7 Å². The molecule has 1 saturated heterocycles. The summed E-state index contributed by atoms with van der Waals surface area (Å²) in [5, 5.41) is 3.93. The number of halogens is 3. The number of carbonyl (C=O) groups excluding carboxylic acids is 1. The van der Waals surface area contributed by atoms with Crippen LogP contribution in [-0.4, -0.2) is 34.0 Å². The molecule has 2 aromatic rings. The zero-order chi connectivity index (χ0) is 22.8.